The summed E-state index contributed by atoms with van der Waals surface area (Å²) < 4.78 is 36.1. The predicted molar refractivity (Wildman–Crippen MR) is 53.3 cm³/mol. The molecule has 1 rings (SSSR count). The maximum atomic E-state index is 13.3. The zero-order valence-electron chi connectivity index (χ0n) is 8.61. The number of hydrogen-bond donors (Lipinski definition) is 2. The first-order chi connectivity index (χ1) is 7.57. The summed E-state index contributed by atoms with van der Waals surface area (Å²) in [6.07, 6.45) is 0. The molecule has 0 fully saturated rings. The number of hydrogen-bond acceptors (Lipinski definition) is 4. The fourth-order valence-corrected chi connectivity index (χ4v) is 1.05. The molecule has 1 aromatic rings. The van der Waals surface area contributed by atoms with E-state index in [4.69, 9.17) is 19.5 Å². The lowest BCUT2D eigenvalue weighted by atomic mass is 9.80. The van der Waals surface area contributed by atoms with E-state index in [0.29, 0.717) is 6.61 Å². The van der Waals surface area contributed by atoms with Crippen molar-refractivity contribution in [2.75, 3.05) is 13.4 Å². The molecule has 0 saturated heterocycles. The molecule has 0 aliphatic heterocycles. The lowest BCUT2D eigenvalue weighted by Gasteiger charge is -2.09. The second-order valence-corrected chi connectivity index (χ2v) is 2.91. The van der Waals surface area contributed by atoms with E-state index in [1.807, 2.05) is 0 Å². The number of rotatable bonds is 5. The fourth-order valence-electron chi connectivity index (χ4n) is 1.05. The van der Waals surface area contributed by atoms with Gasteiger partial charge in [-0.05, 0) is 13.0 Å². The lowest BCUT2D eigenvalue weighted by molar-refractivity contribution is 0.0198. The van der Waals surface area contributed by atoms with Gasteiger partial charge in [0, 0.05) is 12.1 Å². The Labute approximate surface area is 91.6 Å². The molecule has 0 heterocycles. The van der Waals surface area contributed by atoms with E-state index in [1.165, 1.54) is 0 Å². The highest BCUT2D eigenvalue weighted by Gasteiger charge is 2.22. The van der Waals surface area contributed by atoms with E-state index in [-0.39, 0.29) is 12.5 Å². The van der Waals surface area contributed by atoms with Gasteiger partial charge < -0.3 is 19.5 Å². The van der Waals surface area contributed by atoms with E-state index in [0.717, 1.165) is 12.1 Å². The van der Waals surface area contributed by atoms with E-state index >= 15 is 0 Å². The lowest BCUT2D eigenvalue weighted by Crippen LogP contribution is -2.33. The summed E-state index contributed by atoms with van der Waals surface area (Å²) in [5.74, 6) is -2.95. The monoisotopic (exact) mass is 232 g/mol. The van der Waals surface area contributed by atoms with Gasteiger partial charge in [0.15, 0.2) is 24.2 Å². The van der Waals surface area contributed by atoms with Gasteiger partial charge in [-0.1, -0.05) is 6.07 Å². The molecule has 0 aliphatic rings. The first-order valence-corrected chi connectivity index (χ1v) is 4.62. The molecule has 0 saturated carbocycles. The smallest absolute Gasteiger partial charge is 0.464 e. The van der Waals surface area contributed by atoms with Crippen molar-refractivity contribution in [3.05, 3.63) is 23.8 Å². The molecule has 0 spiro atoms. The van der Waals surface area contributed by atoms with Crippen LogP contribution in [0.15, 0.2) is 12.1 Å². The summed E-state index contributed by atoms with van der Waals surface area (Å²) in [7, 11) is -2.06. The van der Waals surface area contributed by atoms with Crippen LogP contribution in [-0.2, 0) is 4.74 Å². The van der Waals surface area contributed by atoms with Gasteiger partial charge in [-0.15, -0.1) is 0 Å². The SMILES string of the molecule is CCOCOc1ccc(B(O)O)c(F)c1F. The van der Waals surface area contributed by atoms with Crippen molar-refractivity contribution in [2.24, 2.45) is 0 Å². The largest absolute Gasteiger partial charge is 0.491 e. The highest BCUT2D eigenvalue weighted by molar-refractivity contribution is 6.58. The minimum absolute atomic E-state index is 0.201. The van der Waals surface area contributed by atoms with Gasteiger partial charge >= 0.3 is 7.12 Å². The van der Waals surface area contributed by atoms with Gasteiger partial charge in [-0.25, -0.2) is 4.39 Å². The minimum atomic E-state index is -2.06. The first kappa shape index (κ1) is 12.9. The molecule has 0 unspecified atom stereocenters. The van der Waals surface area contributed by atoms with Gasteiger partial charge in [0.1, 0.15) is 0 Å². The molecule has 2 N–H and O–H groups in total. The molecule has 1 aromatic carbocycles. The summed E-state index contributed by atoms with van der Waals surface area (Å²) in [4.78, 5) is 0. The molecule has 88 valence electrons. The van der Waals surface area contributed by atoms with Crippen LogP contribution in [0.4, 0.5) is 8.78 Å². The Morgan fingerprint density at radius 3 is 2.50 bits per heavy atom. The van der Waals surface area contributed by atoms with E-state index in [1.54, 1.807) is 6.92 Å². The predicted octanol–water partition coefficient (Wildman–Crippen LogP) is 0.0174. The molecule has 4 nitrogen and oxygen atoms in total. The van der Waals surface area contributed by atoms with Gasteiger partial charge in [-0.2, -0.15) is 4.39 Å². The van der Waals surface area contributed by atoms with E-state index < -0.39 is 24.2 Å². The van der Waals surface area contributed by atoms with Crippen LogP contribution < -0.4 is 10.2 Å². The van der Waals surface area contributed by atoms with Crippen molar-refractivity contribution in [2.45, 2.75) is 6.92 Å². The Morgan fingerprint density at radius 2 is 1.94 bits per heavy atom. The van der Waals surface area contributed by atoms with Crippen molar-refractivity contribution < 1.29 is 28.3 Å². The molecule has 0 amide bonds. The van der Waals surface area contributed by atoms with Gasteiger partial charge in [-0.3, -0.25) is 0 Å². The normalized spacial score (nSPS) is 10.3. The van der Waals surface area contributed by atoms with Crippen LogP contribution in [-0.4, -0.2) is 30.6 Å². The number of benzene rings is 1. The van der Waals surface area contributed by atoms with Crippen LogP contribution in [0, 0.1) is 11.6 Å². The van der Waals surface area contributed by atoms with Crippen LogP contribution in [0.2, 0.25) is 0 Å². The molecule has 0 atom stereocenters. The summed E-state index contributed by atoms with van der Waals surface area (Å²) in [6, 6.07) is 2.14. The molecule has 0 aromatic heterocycles. The standard InChI is InChI=1S/C9H11BF2O4/c1-2-15-5-16-7-4-3-6(10(13)14)8(11)9(7)12/h3-4,13-14H,2,5H2,1H3. The van der Waals surface area contributed by atoms with Crippen molar-refractivity contribution in [1.82, 2.24) is 0 Å². The van der Waals surface area contributed by atoms with E-state index in [2.05, 4.69) is 0 Å². The second kappa shape index (κ2) is 5.79. The van der Waals surface area contributed by atoms with Crippen molar-refractivity contribution in [1.29, 1.82) is 0 Å². The van der Waals surface area contributed by atoms with Gasteiger partial charge in [0.05, 0.1) is 0 Å². The molecule has 16 heavy (non-hydrogen) atoms. The van der Waals surface area contributed by atoms with Gasteiger partial charge in [0.25, 0.3) is 0 Å². The summed E-state index contributed by atoms with van der Waals surface area (Å²) >= 11 is 0. The Balaban J connectivity index is 2.85. The van der Waals surface area contributed by atoms with Gasteiger partial charge in [0.2, 0.25) is 0 Å². The fraction of sp³-hybridized carbons (Fsp3) is 0.333. The molecule has 0 aliphatic carbocycles. The Morgan fingerprint density at radius 1 is 1.25 bits per heavy atom. The zero-order valence-corrected chi connectivity index (χ0v) is 8.61. The number of halogens is 2. The third kappa shape index (κ3) is 2.91. The maximum absolute atomic E-state index is 13.3. The highest BCUT2D eigenvalue weighted by Crippen LogP contribution is 2.18. The van der Waals surface area contributed by atoms with Crippen LogP contribution in [0.25, 0.3) is 0 Å². The Kier molecular flexibility index (Phi) is 4.66. The zero-order chi connectivity index (χ0) is 12.1. The second-order valence-electron chi connectivity index (χ2n) is 2.91. The van der Waals surface area contributed by atoms with E-state index in [9.17, 15) is 8.78 Å². The highest BCUT2D eigenvalue weighted by atomic mass is 19.2. The van der Waals surface area contributed by atoms with Crippen LogP contribution >= 0.6 is 0 Å². The topological polar surface area (TPSA) is 58.9 Å². The Hall–Kier alpha value is -1.18. The molecule has 7 heteroatoms. The quantitative estimate of drug-likeness (QED) is 0.426. The summed E-state index contributed by atoms with van der Waals surface area (Å²) in [5, 5.41) is 17.4. The third-order valence-electron chi connectivity index (χ3n) is 1.86. The number of ether oxygens (including phenoxy) is 2. The third-order valence-corrected chi connectivity index (χ3v) is 1.86. The van der Waals surface area contributed by atoms with Crippen molar-refractivity contribution >= 4 is 12.6 Å². The molecule has 0 bridgehead atoms. The molecular formula is C9H11BF2O4. The van der Waals surface area contributed by atoms with Crippen LogP contribution in [0.3, 0.4) is 0 Å². The van der Waals surface area contributed by atoms with Crippen molar-refractivity contribution in [3.63, 3.8) is 0 Å². The van der Waals surface area contributed by atoms with Crippen LogP contribution in [0.5, 0.6) is 5.75 Å². The average molecular weight is 232 g/mol. The minimum Gasteiger partial charge on any atom is -0.464 e. The molecule has 0 radical (unpaired) electrons. The molecular weight excluding hydrogens is 221 g/mol. The van der Waals surface area contributed by atoms with Crippen LogP contribution in [0.1, 0.15) is 6.92 Å². The maximum Gasteiger partial charge on any atom is 0.491 e. The van der Waals surface area contributed by atoms with Crippen molar-refractivity contribution in [3.8, 4) is 5.75 Å². The summed E-state index contributed by atoms with van der Waals surface area (Å²) in [5.41, 5.74) is -0.541. The first-order valence-electron chi connectivity index (χ1n) is 4.62. The summed E-state index contributed by atoms with van der Waals surface area (Å²) in [6.45, 7) is 1.91. The Bertz CT molecular complexity index is 360. The average Bonchev–Trinajstić information content (AvgIpc) is 2.24.